The standard InChI is InChI=1S/C12H12FNO3/c1-2-17-11(15)6-10-8-4-3-7(13)5-9(8)12(16)14-10/h3-5,10H,2,6H2,1H3,(H,14,16). The molecule has 1 aromatic carbocycles. The lowest BCUT2D eigenvalue weighted by Gasteiger charge is -2.10. The first kappa shape index (κ1) is 11.6. The van der Waals surface area contributed by atoms with Crippen molar-refractivity contribution in [2.24, 2.45) is 0 Å². The summed E-state index contributed by atoms with van der Waals surface area (Å²) in [7, 11) is 0. The number of amides is 1. The third-order valence-corrected chi connectivity index (χ3v) is 2.62. The molecule has 1 unspecified atom stereocenters. The Hall–Kier alpha value is -1.91. The molecule has 17 heavy (non-hydrogen) atoms. The van der Waals surface area contributed by atoms with E-state index >= 15 is 0 Å². The van der Waals surface area contributed by atoms with E-state index in [1.807, 2.05) is 0 Å². The van der Waals surface area contributed by atoms with Crippen molar-refractivity contribution in [3.63, 3.8) is 0 Å². The molecular formula is C12H12FNO3. The molecule has 1 aliphatic rings. The Kier molecular flexibility index (Phi) is 3.08. The van der Waals surface area contributed by atoms with Gasteiger partial charge < -0.3 is 10.1 Å². The Labute approximate surface area is 97.8 Å². The summed E-state index contributed by atoms with van der Waals surface area (Å²) in [6.45, 7) is 2.02. The smallest absolute Gasteiger partial charge is 0.308 e. The van der Waals surface area contributed by atoms with Gasteiger partial charge in [0.2, 0.25) is 0 Å². The van der Waals surface area contributed by atoms with Gasteiger partial charge in [0.05, 0.1) is 19.1 Å². The highest BCUT2D eigenvalue weighted by molar-refractivity contribution is 5.99. The van der Waals surface area contributed by atoms with Crippen molar-refractivity contribution in [1.29, 1.82) is 0 Å². The van der Waals surface area contributed by atoms with E-state index in [9.17, 15) is 14.0 Å². The normalized spacial score (nSPS) is 17.5. The van der Waals surface area contributed by atoms with Crippen LogP contribution in [0.3, 0.4) is 0 Å². The van der Waals surface area contributed by atoms with Gasteiger partial charge in [0.1, 0.15) is 5.82 Å². The zero-order chi connectivity index (χ0) is 12.4. The second-order valence-electron chi connectivity index (χ2n) is 3.77. The minimum Gasteiger partial charge on any atom is -0.466 e. The molecule has 1 amide bonds. The van der Waals surface area contributed by atoms with Crippen molar-refractivity contribution >= 4 is 11.9 Å². The van der Waals surface area contributed by atoms with Gasteiger partial charge in [0, 0.05) is 5.56 Å². The lowest BCUT2D eigenvalue weighted by Crippen LogP contribution is -2.22. The number of hydrogen-bond donors (Lipinski definition) is 1. The van der Waals surface area contributed by atoms with E-state index in [-0.39, 0.29) is 18.3 Å². The molecule has 0 aliphatic carbocycles. The van der Waals surface area contributed by atoms with Crippen LogP contribution in [-0.2, 0) is 9.53 Å². The van der Waals surface area contributed by atoms with E-state index in [1.54, 1.807) is 6.92 Å². The molecule has 90 valence electrons. The van der Waals surface area contributed by atoms with Gasteiger partial charge in [-0.05, 0) is 24.6 Å². The fourth-order valence-corrected chi connectivity index (χ4v) is 1.89. The van der Waals surface area contributed by atoms with Crippen LogP contribution in [0.4, 0.5) is 4.39 Å². The van der Waals surface area contributed by atoms with E-state index in [1.165, 1.54) is 18.2 Å². The van der Waals surface area contributed by atoms with Gasteiger partial charge in [-0.1, -0.05) is 6.07 Å². The van der Waals surface area contributed by atoms with E-state index < -0.39 is 11.9 Å². The summed E-state index contributed by atoms with van der Waals surface area (Å²) in [5.74, 6) is -1.19. The molecule has 0 bridgehead atoms. The molecule has 1 aliphatic heterocycles. The maximum Gasteiger partial charge on any atom is 0.308 e. The van der Waals surface area contributed by atoms with Crippen LogP contribution in [0.15, 0.2) is 18.2 Å². The average Bonchev–Trinajstić information content (AvgIpc) is 2.56. The van der Waals surface area contributed by atoms with Crippen LogP contribution in [-0.4, -0.2) is 18.5 Å². The second-order valence-corrected chi connectivity index (χ2v) is 3.77. The molecule has 1 N–H and O–H groups in total. The largest absolute Gasteiger partial charge is 0.466 e. The van der Waals surface area contributed by atoms with E-state index in [4.69, 9.17) is 4.74 Å². The molecule has 0 saturated heterocycles. The molecule has 1 atom stereocenters. The second kappa shape index (κ2) is 4.53. The van der Waals surface area contributed by atoms with Gasteiger partial charge in [0.25, 0.3) is 5.91 Å². The first-order valence-electron chi connectivity index (χ1n) is 5.37. The molecule has 1 aromatic rings. The van der Waals surface area contributed by atoms with Gasteiger partial charge in [-0.3, -0.25) is 9.59 Å². The molecule has 0 fully saturated rings. The summed E-state index contributed by atoms with van der Waals surface area (Å²) < 4.78 is 17.8. The molecule has 1 heterocycles. The first-order chi connectivity index (χ1) is 8.11. The van der Waals surface area contributed by atoms with Gasteiger partial charge in [0.15, 0.2) is 0 Å². The van der Waals surface area contributed by atoms with Crippen LogP contribution < -0.4 is 5.32 Å². The minimum absolute atomic E-state index is 0.0677. The van der Waals surface area contributed by atoms with Gasteiger partial charge >= 0.3 is 5.97 Å². The number of halogens is 1. The summed E-state index contributed by atoms with van der Waals surface area (Å²) in [4.78, 5) is 22.9. The predicted molar refractivity (Wildman–Crippen MR) is 57.9 cm³/mol. The average molecular weight is 237 g/mol. The lowest BCUT2D eigenvalue weighted by molar-refractivity contribution is -0.143. The fraction of sp³-hybridized carbons (Fsp3) is 0.333. The monoisotopic (exact) mass is 237 g/mol. The van der Waals surface area contributed by atoms with Gasteiger partial charge in [-0.25, -0.2) is 4.39 Å². The van der Waals surface area contributed by atoms with Crippen LogP contribution in [0.1, 0.15) is 35.3 Å². The molecular weight excluding hydrogens is 225 g/mol. The number of carbonyl (C=O) groups excluding carboxylic acids is 2. The Morgan fingerprint density at radius 2 is 2.29 bits per heavy atom. The van der Waals surface area contributed by atoms with Crippen LogP contribution in [0.2, 0.25) is 0 Å². The Morgan fingerprint density at radius 3 is 3.00 bits per heavy atom. The number of benzene rings is 1. The SMILES string of the molecule is CCOC(=O)CC1NC(=O)c2cc(F)ccc21. The molecule has 0 saturated carbocycles. The summed E-state index contributed by atoms with van der Waals surface area (Å²) >= 11 is 0. The summed E-state index contributed by atoms with van der Waals surface area (Å²) in [6, 6.07) is 3.55. The Bertz CT molecular complexity index is 473. The molecule has 0 aromatic heterocycles. The zero-order valence-electron chi connectivity index (χ0n) is 9.33. The van der Waals surface area contributed by atoms with Gasteiger partial charge in [-0.2, -0.15) is 0 Å². The topological polar surface area (TPSA) is 55.4 Å². The first-order valence-corrected chi connectivity index (χ1v) is 5.37. The van der Waals surface area contributed by atoms with E-state index in [0.29, 0.717) is 17.7 Å². The van der Waals surface area contributed by atoms with Crippen LogP contribution in [0.5, 0.6) is 0 Å². The highest BCUT2D eigenvalue weighted by atomic mass is 19.1. The van der Waals surface area contributed by atoms with Crippen molar-refractivity contribution in [2.75, 3.05) is 6.61 Å². The van der Waals surface area contributed by atoms with Gasteiger partial charge in [-0.15, -0.1) is 0 Å². The number of ether oxygens (including phenoxy) is 1. The highest BCUT2D eigenvalue weighted by Gasteiger charge is 2.30. The quantitative estimate of drug-likeness (QED) is 0.812. The van der Waals surface area contributed by atoms with E-state index in [0.717, 1.165) is 0 Å². The number of rotatable bonds is 3. The summed E-state index contributed by atoms with van der Waals surface area (Å²) in [5.41, 5.74) is 0.934. The molecule has 4 nitrogen and oxygen atoms in total. The fourth-order valence-electron chi connectivity index (χ4n) is 1.89. The van der Waals surface area contributed by atoms with Crippen molar-refractivity contribution in [2.45, 2.75) is 19.4 Å². The third kappa shape index (κ3) is 2.27. The maximum atomic E-state index is 13.0. The summed E-state index contributed by atoms with van der Waals surface area (Å²) in [5, 5.41) is 2.63. The van der Waals surface area contributed by atoms with Crippen LogP contribution in [0.25, 0.3) is 0 Å². The van der Waals surface area contributed by atoms with Crippen LogP contribution >= 0.6 is 0 Å². The number of nitrogens with one attached hydrogen (secondary N) is 1. The Balaban J connectivity index is 2.19. The molecule has 0 spiro atoms. The van der Waals surface area contributed by atoms with Crippen molar-refractivity contribution < 1.29 is 18.7 Å². The minimum atomic E-state index is -0.462. The number of carbonyl (C=O) groups is 2. The van der Waals surface area contributed by atoms with Crippen molar-refractivity contribution in [1.82, 2.24) is 5.32 Å². The van der Waals surface area contributed by atoms with Crippen LogP contribution in [0, 0.1) is 5.82 Å². The highest BCUT2D eigenvalue weighted by Crippen LogP contribution is 2.28. The number of esters is 1. The third-order valence-electron chi connectivity index (χ3n) is 2.62. The molecule has 0 radical (unpaired) electrons. The molecule has 2 rings (SSSR count). The molecule has 5 heteroatoms. The van der Waals surface area contributed by atoms with E-state index in [2.05, 4.69) is 5.32 Å². The Morgan fingerprint density at radius 1 is 1.53 bits per heavy atom. The maximum absolute atomic E-state index is 13.0. The van der Waals surface area contributed by atoms with Crippen molar-refractivity contribution in [3.8, 4) is 0 Å². The lowest BCUT2D eigenvalue weighted by atomic mass is 10.0. The predicted octanol–water partition coefficient (Wildman–Crippen LogP) is 1.56. The number of hydrogen-bond acceptors (Lipinski definition) is 3. The van der Waals surface area contributed by atoms with Crippen molar-refractivity contribution in [3.05, 3.63) is 35.1 Å². The summed E-state index contributed by atoms with van der Waals surface area (Å²) in [6.07, 6.45) is 0.0677. The number of fused-ring (bicyclic) bond motifs is 1. The zero-order valence-corrected chi connectivity index (χ0v) is 9.33.